The van der Waals surface area contributed by atoms with Crippen LogP contribution < -0.4 is 4.90 Å². The van der Waals surface area contributed by atoms with Gasteiger partial charge in [-0.15, -0.1) is 6.58 Å². The van der Waals surface area contributed by atoms with Crippen molar-refractivity contribution in [2.75, 3.05) is 24.6 Å². The zero-order valence-electron chi connectivity index (χ0n) is 17.4. The number of para-hydroxylation sites is 1. The summed E-state index contributed by atoms with van der Waals surface area (Å²) >= 11 is 9.94. The molecule has 8 nitrogen and oxygen atoms in total. The summed E-state index contributed by atoms with van der Waals surface area (Å²) in [6.07, 6.45) is 1.14. The number of aliphatic hydroxyl groups excluding tert-OH is 1. The molecular formula is C22H24BrClN2O6. The number of likely N-dealkylation sites (tertiary alicyclic amines) is 1. The second kappa shape index (κ2) is 8.44. The first-order valence-corrected chi connectivity index (χ1v) is 11.6. The number of aryl methyl sites for hydroxylation is 1. The van der Waals surface area contributed by atoms with Gasteiger partial charge in [-0.1, -0.05) is 45.7 Å². The van der Waals surface area contributed by atoms with Crippen molar-refractivity contribution < 1.29 is 29.3 Å². The topological polar surface area (TPSA) is 107 Å². The van der Waals surface area contributed by atoms with Crippen molar-refractivity contribution in [3.05, 3.63) is 41.4 Å². The predicted molar refractivity (Wildman–Crippen MR) is 121 cm³/mol. The van der Waals surface area contributed by atoms with Crippen LogP contribution in [0.2, 0.25) is 5.02 Å². The number of benzene rings is 1. The Morgan fingerprint density at radius 3 is 2.78 bits per heavy atom. The van der Waals surface area contributed by atoms with E-state index in [-0.39, 0.29) is 24.5 Å². The van der Waals surface area contributed by atoms with Crippen molar-refractivity contribution >= 4 is 51.0 Å². The van der Waals surface area contributed by atoms with Crippen molar-refractivity contribution in [3.8, 4) is 0 Å². The quantitative estimate of drug-likeness (QED) is 0.415. The summed E-state index contributed by atoms with van der Waals surface area (Å²) in [6.45, 7) is 5.23. The van der Waals surface area contributed by atoms with Gasteiger partial charge in [0.2, 0.25) is 5.91 Å². The molecule has 32 heavy (non-hydrogen) atoms. The molecule has 0 saturated carbocycles. The minimum Gasteiger partial charge on any atom is -0.481 e. The number of rotatable bonds is 7. The number of carboxylic acids is 1. The second-order valence-electron chi connectivity index (χ2n) is 8.40. The first-order chi connectivity index (χ1) is 15.2. The van der Waals surface area contributed by atoms with Crippen molar-refractivity contribution in [2.45, 2.75) is 35.9 Å². The number of β-amino-alcohol motifs (C(OH)–C–C–N with tert-alkyl or cyclic N) is 1. The molecule has 3 aliphatic rings. The van der Waals surface area contributed by atoms with Gasteiger partial charge in [0.15, 0.2) is 0 Å². The van der Waals surface area contributed by atoms with Crippen LogP contribution in [0.4, 0.5) is 5.69 Å². The Bertz CT molecular complexity index is 969. The van der Waals surface area contributed by atoms with E-state index in [0.717, 1.165) is 5.56 Å². The summed E-state index contributed by atoms with van der Waals surface area (Å²) < 4.78 is 6.20. The Morgan fingerprint density at radius 1 is 1.47 bits per heavy atom. The number of nitrogens with zero attached hydrogens (tertiary/aromatic N) is 2. The van der Waals surface area contributed by atoms with E-state index in [0.29, 0.717) is 17.1 Å². The van der Waals surface area contributed by atoms with Crippen LogP contribution in [-0.4, -0.2) is 75.2 Å². The zero-order chi connectivity index (χ0) is 23.4. The van der Waals surface area contributed by atoms with Gasteiger partial charge in [-0.25, -0.2) is 0 Å². The average Bonchev–Trinajstić information content (AvgIpc) is 3.31. The van der Waals surface area contributed by atoms with Crippen LogP contribution in [0, 0.1) is 18.8 Å². The number of alkyl halides is 1. The molecule has 0 radical (unpaired) electrons. The summed E-state index contributed by atoms with van der Waals surface area (Å²) in [4.78, 5) is 41.9. The lowest BCUT2D eigenvalue weighted by Gasteiger charge is -2.37. The summed E-state index contributed by atoms with van der Waals surface area (Å²) in [5, 5.41) is 19.8. The van der Waals surface area contributed by atoms with E-state index in [1.54, 1.807) is 18.2 Å². The van der Waals surface area contributed by atoms with Gasteiger partial charge in [-0.05, 0) is 25.0 Å². The standard InChI is InChI=1S/C22H24BrClN2O6/c1-3-7-25(16-11(2)5-4-6-13(16)24)20(29)18-22-10-12(23)17(32-22)14(21(30)31)15(22)19(28)26(18)8-9-27/h3-6,12,14-15,17-18,27H,1,7-10H2,2H3,(H,30,31)/t12?,14-,15+,17-,18-,22+/m1/s1. The van der Waals surface area contributed by atoms with Crippen LogP contribution in [0.5, 0.6) is 0 Å². The molecule has 3 saturated heterocycles. The molecule has 1 spiro atoms. The predicted octanol–water partition coefficient (Wildman–Crippen LogP) is 1.99. The molecule has 3 fully saturated rings. The number of carboxylic acid groups (broad SMARTS) is 1. The first kappa shape index (κ1) is 23.2. The highest BCUT2D eigenvalue weighted by molar-refractivity contribution is 9.09. The van der Waals surface area contributed by atoms with Crippen molar-refractivity contribution in [1.29, 1.82) is 0 Å². The van der Waals surface area contributed by atoms with Gasteiger partial charge < -0.3 is 24.7 Å². The molecule has 4 rings (SSSR count). The van der Waals surface area contributed by atoms with Crippen molar-refractivity contribution in [1.82, 2.24) is 4.90 Å². The smallest absolute Gasteiger partial charge is 0.310 e. The average molecular weight is 528 g/mol. The number of hydrogen-bond acceptors (Lipinski definition) is 5. The molecule has 172 valence electrons. The van der Waals surface area contributed by atoms with E-state index in [4.69, 9.17) is 16.3 Å². The number of aliphatic carboxylic acids is 1. The van der Waals surface area contributed by atoms with Crippen LogP contribution in [0.15, 0.2) is 30.9 Å². The minimum absolute atomic E-state index is 0.107. The molecule has 1 aromatic rings. The Kier molecular flexibility index (Phi) is 6.13. The van der Waals surface area contributed by atoms with E-state index >= 15 is 0 Å². The number of anilines is 1. The number of carbonyl (C=O) groups is 3. The SMILES string of the molecule is C=CCN(C(=O)[C@H]1N(CCO)C(=O)[C@@H]2[C@@H](C(=O)O)[C@@H]3O[C@@]21CC3Br)c1c(C)cccc1Cl. The van der Waals surface area contributed by atoms with Crippen LogP contribution in [-0.2, 0) is 19.1 Å². The third-order valence-corrected chi connectivity index (χ3v) is 7.84. The Morgan fingerprint density at radius 2 is 2.19 bits per heavy atom. The highest BCUT2D eigenvalue weighted by Gasteiger charge is 2.76. The third kappa shape index (κ3) is 3.21. The second-order valence-corrected chi connectivity index (χ2v) is 9.98. The van der Waals surface area contributed by atoms with E-state index < -0.39 is 47.4 Å². The van der Waals surface area contributed by atoms with Crippen LogP contribution in [0.25, 0.3) is 0 Å². The maximum absolute atomic E-state index is 14.1. The van der Waals surface area contributed by atoms with Crippen LogP contribution in [0.1, 0.15) is 12.0 Å². The maximum atomic E-state index is 14.1. The maximum Gasteiger partial charge on any atom is 0.310 e. The molecule has 6 atom stereocenters. The van der Waals surface area contributed by atoms with Gasteiger partial charge in [0.05, 0.1) is 35.3 Å². The fourth-order valence-electron chi connectivity index (χ4n) is 5.57. The van der Waals surface area contributed by atoms with Crippen molar-refractivity contribution in [3.63, 3.8) is 0 Å². The lowest BCUT2D eigenvalue weighted by atomic mass is 9.70. The number of hydrogen-bond donors (Lipinski definition) is 2. The molecule has 10 heteroatoms. The number of amides is 2. The summed E-state index contributed by atoms with van der Waals surface area (Å²) in [6, 6.07) is 4.17. The van der Waals surface area contributed by atoms with Gasteiger partial charge in [0.25, 0.3) is 5.91 Å². The van der Waals surface area contributed by atoms with Crippen molar-refractivity contribution in [2.24, 2.45) is 11.8 Å². The molecule has 0 aromatic heterocycles. The number of ether oxygens (including phenoxy) is 1. The van der Waals surface area contributed by atoms with E-state index in [1.165, 1.54) is 9.80 Å². The van der Waals surface area contributed by atoms with E-state index in [9.17, 15) is 24.6 Å². The number of halogens is 2. The summed E-state index contributed by atoms with van der Waals surface area (Å²) in [5.74, 6) is -4.15. The van der Waals surface area contributed by atoms with Gasteiger partial charge in [-0.3, -0.25) is 14.4 Å². The molecular weight excluding hydrogens is 504 g/mol. The third-order valence-electron chi connectivity index (χ3n) is 6.69. The van der Waals surface area contributed by atoms with Crippen LogP contribution >= 0.6 is 27.5 Å². The van der Waals surface area contributed by atoms with Gasteiger partial charge >= 0.3 is 5.97 Å². The minimum atomic E-state index is -1.31. The molecule has 1 aromatic carbocycles. The van der Waals surface area contributed by atoms with E-state index in [1.807, 2.05) is 13.0 Å². The monoisotopic (exact) mass is 526 g/mol. The fraction of sp³-hybridized carbons (Fsp3) is 0.500. The Balaban J connectivity index is 1.84. The molecule has 0 aliphatic carbocycles. The molecule has 2 bridgehead atoms. The lowest BCUT2D eigenvalue weighted by Crippen LogP contribution is -2.57. The number of fused-ring (bicyclic) bond motifs is 1. The number of carbonyl (C=O) groups excluding carboxylic acids is 2. The first-order valence-electron chi connectivity index (χ1n) is 10.3. The summed E-state index contributed by atoms with van der Waals surface area (Å²) in [5.41, 5.74) is -0.0500. The molecule has 2 amide bonds. The lowest BCUT2D eigenvalue weighted by molar-refractivity contribution is -0.149. The highest BCUT2D eigenvalue weighted by Crippen LogP contribution is 2.60. The Hall–Kier alpha value is -1.94. The Labute approximate surface area is 198 Å². The van der Waals surface area contributed by atoms with Gasteiger partial charge in [0.1, 0.15) is 11.6 Å². The van der Waals surface area contributed by atoms with E-state index in [2.05, 4.69) is 22.5 Å². The van der Waals surface area contributed by atoms with Gasteiger partial charge in [0, 0.05) is 17.9 Å². The largest absolute Gasteiger partial charge is 0.481 e. The molecule has 3 aliphatic heterocycles. The summed E-state index contributed by atoms with van der Waals surface area (Å²) in [7, 11) is 0. The highest BCUT2D eigenvalue weighted by atomic mass is 79.9. The normalized spacial score (nSPS) is 32.8. The van der Waals surface area contributed by atoms with Gasteiger partial charge in [-0.2, -0.15) is 0 Å². The van der Waals surface area contributed by atoms with Crippen LogP contribution in [0.3, 0.4) is 0 Å². The molecule has 3 heterocycles. The fourth-order valence-corrected chi connectivity index (χ4v) is 6.84. The zero-order valence-corrected chi connectivity index (χ0v) is 19.8. The number of aliphatic hydroxyl groups is 1. The molecule has 2 N–H and O–H groups in total. The molecule has 1 unspecified atom stereocenters.